The largest absolute Gasteiger partial charge is 0.352 e. The molecule has 0 aliphatic rings. The van der Waals surface area contributed by atoms with Crippen LogP contribution in [0, 0.1) is 0 Å². The second kappa shape index (κ2) is 8.73. The molecule has 1 unspecified atom stereocenters. The topological polar surface area (TPSA) is 18.5 Å². The van der Waals surface area contributed by atoms with Gasteiger partial charge in [0.25, 0.3) is 0 Å². The molecule has 0 saturated heterocycles. The van der Waals surface area contributed by atoms with Gasteiger partial charge in [0.1, 0.15) is 0 Å². The Labute approximate surface area is 86.9 Å². The lowest BCUT2D eigenvalue weighted by Gasteiger charge is -2.16. The van der Waals surface area contributed by atoms with Crippen LogP contribution in [0.25, 0.3) is 0 Å². The summed E-state index contributed by atoms with van der Waals surface area (Å²) in [5.74, 6) is 0. The second-order valence-corrected chi connectivity index (χ2v) is 2.82. The molecule has 0 aromatic heterocycles. The Morgan fingerprint density at radius 1 is 1.50 bits per heavy atom. The van der Waals surface area contributed by atoms with Gasteiger partial charge >= 0.3 is 0 Å². The van der Waals surface area contributed by atoms with Crippen molar-refractivity contribution < 1.29 is 9.47 Å². The van der Waals surface area contributed by atoms with Crippen LogP contribution in [0.4, 0.5) is 0 Å². The second-order valence-electron chi connectivity index (χ2n) is 2.82. The highest BCUT2D eigenvalue weighted by Crippen LogP contribution is 2.10. The van der Waals surface area contributed by atoms with E-state index < -0.39 is 0 Å². The van der Waals surface area contributed by atoms with Crippen molar-refractivity contribution in [3.8, 4) is 0 Å². The van der Waals surface area contributed by atoms with Crippen LogP contribution in [-0.2, 0) is 9.47 Å². The summed E-state index contributed by atoms with van der Waals surface area (Å²) in [7, 11) is 1.64. The quantitative estimate of drug-likeness (QED) is 0.460. The summed E-state index contributed by atoms with van der Waals surface area (Å²) in [5.41, 5.74) is 1.01. The molecular formula is C12H20O2. The normalized spacial score (nSPS) is 14.6. The predicted octanol–water partition coefficient (Wildman–Crippen LogP) is 3.07. The molecular weight excluding hydrogens is 176 g/mol. The van der Waals surface area contributed by atoms with Gasteiger partial charge in [-0.2, -0.15) is 0 Å². The molecule has 0 fully saturated rings. The van der Waals surface area contributed by atoms with Gasteiger partial charge in [0.15, 0.2) is 6.29 Å². The van der Waals surface area contributed by atoms with E-state index in [0.29, 0.717) is 6.61 Å². The van der Waals surface area contributed by atoms with Crippen LogP contribution in [-0.4, -0.2) is 20.0 Å². The lowest BCUT2D eigenvalue weighted by atomic mass is 10.2. The van der Waals surface area contributed by atoms with E-state index in [1.807, 2.05) is 25.2 Å². The molecule has 0 saturated carbocycles. The highest BCUT2D eigenvalue weighted by molar-refractivity contribution is 5.23. The summed E-state index contributed by atoms with van der Waals surface area (Å²) in [6.45, 7) is 8.36. The predicted molar refractivity (Wildman–Crippen MR) is 60.1 cm³/mol. The van der Waals surface area contributed by atoms with Gasteiger partial charge < -0.3 is 9.47 Å². The zero-order valence-corrected chi connectivity index (χ0v) is 9.32. The van der Waals surface area contributed by atoms with Crippen molar-refractivity contribution in [1.82, 2.24) is 0 Å². The standard InChI is InChI=1S/C12H20O2/c1-5-8-9-11(7-3)12(13-4)14-10-6-2/h5,7-9,12H,1,6,10H2,2-4H3/b9-8-,11-7+. The van der Waals surface area contributed by atoms with Crippen molar-refractivity contribution in [3.05, 3.63) is 36.5 Å². The Kier molecular flexibility index (Phi) is 8.19. The molecule has 0 radical (unpaired) electrons. The summed E-state index contributed by atoms with van der Waals surface area (Å²) in [4.78, 5) is 0. The summed E-state index contributed by atoms with van der Waals surface area (Å²) in [5, 5.41) is 0. The van der Waals surface area contributed by atoms with Crippen LogP contribution in [0.3, 0.4) is 0 Å². The van der Waals surface area contributed by atoms with Crippen molar-refractivity contribution in [2.24, 2.45) is 0 Å². The Morgan fingerprint density at radius 2 is 2.21 bits per heavy atom. The zero-order valence-electron chi connectivity index (χ0n) is 9.32. The van der Waals surface area contributed by atoms with Crippen molar-refractivity contribution >= 4 is 0 Å². The number of rotatable bonds is 7. The lowest BCUT2D eigenvalue weighted by Crippen LogP contribution is -2.17. The van der Waals surface area contributed by atoms with Crippen LogP contribution in [0.2, 0.25) is 0 Å². The molecule has 0 rings (SSSR count). The van der Waals surface area contributed by atoms with E-state index in [-0.39, 0.29) is 6.29 Å². The van der Waals surface area contributed by atoms with Crippen molar-refractivity contribution in [2.45, 2.75) is 26.6 Å². The van der Waals surface area contributed by atoms with E-state index in [9.17, 15) is 0 Å². The van der Waals surface area contributed by atoms with Crippen molar-refractivity contribution in [2.75, 3.05) is 13.7 Å². The van der Waals surface area contributed by atoms with E-state index in [1.165, 1.54) is 0 Å². The van der Waals surface area contributed by atoms with E-state index >= 15 is 0 Å². The average Bonchev–Trinajstić information content (AvgIpc) is 2.23. The minimum atomic E-state index is -0.267. The first kappa shape index (κ1) is 13.1. The van der Waals surface area contributed by atoms with Crippen LogP contribution >= 0.6 is 0 Å². The molecule has 14 heavy (non-hydrogen) atoms. The molecule has 0 amide bonds. The summed E-state index contributed by atoms with van der Waals surface area (Å²) >= 11 is 0. The first-order valence-corrected chi connectivity index (χ1v) is 4.89. The fraction of sp³-hybridized carbons (Fsp3) is 0.500. The third-order valence-corrected chi connectivity index (χ3v) is 1.72. The highest BCUT2D eigenvalue weighted by atomic mass is 16.7. The molecule has 0 aliphatic heterocycles. The maximum absolute atomic E-state index is 5.51. The third-order valence-electron chi connectivity index (χ3n) is 1.72. The maximum Gasteiger partial charge on any atom is 0.183 e. The fourth-order valence-electron chi connectivity index (χ4n) is 1.02. The van der Waals surface area contributed by atoms with Gasteiger partial charge in [0.05, 0.1) is 0 Å². The van der Waals surface area contributed by atoms with Gasteiger partial charge in [0, 0.05) is 19.3 Å². The molecule has 80 valence electrons. The molecule has 0 bridgehead atoms. The molecule has 2 nitrogen and oxygen atoms in total. The van der Waals surface area contributed by atoms with Gasteiger partial charge in [-0.15, -0.1) is 0 Å². The summed E-state index contributed by atoms with van der Waals surface area (Å²) < 4.78 is 10.7. The molecule has 1 atom stereocenters. The van der Waals surface area contributed by atoms with Gasteiger partial charge in [-0.3, -0.25) is 0 Å². The van der Waals surface area contributed by atoms with Gasteiger partial charge in [-0.05, 0) is 13.3 Å². The van der Waals surface area contributed by atoms with Gasteiger partial charge in [-0.1, -0.05) is 37.8 Å². The monoisotopic (exact) mass is 196 g/mol. The highest BCUT2D eigenvalue weighted by Gasteiger charge is 2.09. The Morgan fingerprint density at radius 3 is 2.64 bits per heavy atom. The third kappa shape index (κ3) is 5.00. The lowest BCUT2D eigenvalue weighted by molar-refractivity contribution is -0.0957. The minimum Gasteiger partial charge on any atom is -0.352 e. The van der Waals surface area contributed by atoms with E-state index in [0.717, 1.165) is 12.0 Å². The summed E-state index contributed by atoms with van der Waals surface area (Å²) in [6, 6.07) is 0. The number of ether oxygens (including phenoxy) is 2. The molecule has 0 spiro atoms. The Hall–Kier alpha value is -0.860. The molecule has 0 aromatic carbocycles. The van der Waals surface area contributed by atoms with Crippen molar-refractivity contribution in [3.63, 3.8) is 0 Å². The Balaban J connectivity index is 4.30. The average molecular weight is 196 g/mol. The minimum absolute atomic E-state index is 0.267. The van der Waals surface area contributed by atoms with Gasteiger partial charge in [-0.25, -0.2) is 0 Å². The SMILES string of the molecule is C=C/C=C\C(=C/C)C(OC)OCCC. The number of hydrogen-bond acceptors (Lipinski definition) is 2. The Bertz CT molecular complexity index is 204. The van der Waals surface area contributed by atoms with Crippen LogP contribution in [0.1, 0.15) is 20.3 Å². The molecule has 0 heterocycles. The number of allylic oxidation sites excluding steroid dienone is 3. The molecule has 0 N–H and O–H groups in total. The fourth-order valence-corrected chi connectivity index (χ4v) is 1.02. The van der Waals surface area contributed by atoms with Crippen LogP contribution in [0.5, 0.6) is 0 Å². The molecule has 2 heteroatoms. The smallest absolute Gasteiger partial charge is 0.183 e. The first-order chi connectivity index (χ1) is 6.79. The summed E-state index contributed by atoms with van der Waals surface area (Å²) in [6.07, 6.45) is 8.24. The van der Waals surface area contributed by atoms with Gasteiger partial charge in [0.2, 0.25) is 0 Å². The maximum atomic E-state index is 5.51. The van der Waals surface area contributed by atoms with Crippen LogP contribution in [0.15, 0.2) is 36.5 Å². The van der Waals surface area contributed by atoms with E-state index in [2.05, 4.69) is 13.5 Å². The zero-order chi connectivity index (χ0) is 10.8. The van der Waals surface area contributed by atoms with E-state index in [1.54, 1.807) is 13.2 Å². The number of methoxy groups -OCH3 is 1. The number of hydrogen-bond donors (Lipinski definition) is 0. The van der Waals surface area contributed by atoms with Crippen LogP contribution < -0.4 is 0 Å². The molecule has 0 aromatic rings. The first-order valence-electron chi connectivity index (χ1n) is 4.89. The van der Waals surface area contributed by atoms with E-state index in [4.69, 9.17) is 9.47 Å². The molecule has 0 aliphatic carbocycles. The van der Waals surface area contributed by atoms with Crippen molar-refractivity contribution in [1.29, 1.82) is 0 Å².